The standard InChI is InChI=1S/C23H21BrN2O2/c1-2-20(23(27)26-25-16-8-11-17-9-4-3-5-10-17)28-21-15-14-18-12-6-7-13-19(18)22(21)24/h3-16,20H,2H2,1H3,(H,26,27)/b11-8+,25-16-/t20-/m0/s1. The maximum atomic E-state index is 12.4. The van der Waals surface area contributed by atoms with Crippen LogP contribution in [0.2, 0.25) is 0 Å². The van der Waals surface area contributed by atoms with Crippen molar-refractivity contribution in [1.82, 2.24) is 5.43 Å². The zero-order valence-corrected chi connectivity index (χ0v) is 17.1. The fourth-order valence-electron chi connectivity index (χ4n) is 2.71. The highest BCUT2D eigenvalue weighted by atomic mass is 79.9. The molecular formula is C23H21BrN2O2. The number of amides is 1. The highest BCUT2D eigenvalue weighted by Crippen LogP contribution is 2.33. The highest BCUT2D eigenvalue weighted by Gasteiger charge is 2.19. The monoisotopic (exact) mass is 436 g/mol. The Morgan fingerprint density at radius 3 is 2.64 bits per heavy atom. The lowest BCUT2D eigenvalue weighted by atomic mass is 10.1. The van der Waals surface area contributed by atoms with Gasteiger partial charge in [0, 0.05) is 6.21 Å². The van der Waals surface area contributed by atoms with Crippen LogP contribution in [0.5, 0.6) is 5.75 Å². The van der Waals surface area contributed by atoms with Crippen molar-refractivity contribution >= 4 is 44.9 Å². The van der Waals surface area contributed by atoms with Gasteiger partial charge in [-0.1, -0.05) is 73.7 Å². The zero-order valence-electron chi connectivity index (χ0n) is 15.5. The second kappa shape index (κ2) is 9.85. The van der Waals surface area contributed by atoms with Crippen LogP contribution in [0.15, 0.2) is 82.4 Å². The van der Waals surface area contributed by atoms with Gasteiger partial charge in [-0.15, -0.1) is 0 Å². The summed E-state index contributed by atoms with van der Waals surface area (Å²) in [4.78, 5) is 12.4. The smallest absolute Gasteiger partial charge is 0.281 e. The molecule has 4 nitrogen and oxygen atoms in total. The number of carbonyl (C=O) groups excluding carboxylic acids is 1. The number of rotatable bonds is 7. The van der Waals surface area contributed by atoms with Gasteiger partial charge < -0.3 is 4.74 Å². The molecule has 0 unspecified atom stereocenters. The Morgan fingerprint density at radius 1 is 1.11 bits per heavy atom. The maximum Gasteiger partial charge on any atom is 0.281 e. The normalized spacial score (nSPS) is 12.5. The number of ether oxygens (including phenoxy) is 1. The number of hydrogen-bond acceptors (Lipinski definition) is 3. The van der Waals surface area contributed by atoms with E-state index >= 15 is 0 Å². The molecule has 0 fully saturated rings. The third-order valence-corrected chi connectivity index (χ3v) is 5.00. The Bertz CT molecular complexity index is 1000. The molecule has 0 heterocycles. The Balaban J connectivity index is 1.61. The molecule has 3 aromatic carbocycles. The predicted octanol–water partition coefficient (Wildman–Crippen LogP) is 5.58. The number of fused-ring (bicyclic) bond motifs is 1. The van der Waals surface area contributed by atoms with E-state index in [-0.39, 0.29) is 5.91 Å². The van der Waals surface area contributed by atoms with E-state index in [4.69, 9.17) is 4.74 Å². The molecule has 0 bridgehead atoms. The average Bonchev–Trinajstić information content (AvgIpc) is 2.74. The molecule has 0 spiro atoms. The molecule has 0 aliphatic rings. The Kier molecular flexibility index (Phi) is 6.98. The van der Waals surface area contributed by atoms with Gasteiger partial charge in [0.2, 0.25) is 0 Å². The molecule has 0 aliphatic carbocycles. The third-order valence-electron chi connectivity index (χ3n) is 4.18. The molecule has 3 aromatic rings. The van der Waals surface area contributed by atoms with Gasteiger partial charge in [-0.2, -0.15) is 5.10 Å². The predicted molar refractivity (Wildman–Crippen MR) is 118 cm³/mol. The lowest BCUT2D eigenvalue weighted by Gasteiger charge is -2.17. The molecule has 0 saturated carbocycles. The SMILES string of the molecule is CC[C@H](Oc1ccc2ccccc2c1Br)C(=O)N/N=C\C=C\c1ccccc1. The lowest BCUT2D eigenvalue weighted by molar-refractivity contribution is -0.128. The molecule has 142 valence electrons. The van der Waals surface area contributed by atoms with Crippen molar-refractivity contribution in [3.8, 4) is 5.75 Å². The molecule has 5 heteroatoms. The maximum absolute atomic E-state index is 12.4. The molecule has 0 saturated heterocycles. The van der Waals surface area contributed by atoms with Crippen molar-refractivity contribution in [3.05, 3.63) is 82.8 Å². The van der Waals surface area contributed by atoms with Crippen molar-refractivity contribution in [1.29, 1.82) is 0 Å². The zero-order chi connectivity index (χ0) is 19.8. The van der Waals surface area contributed by atoms with Crippen LogP contribution in [-0.4, -0.2) is 18.2 Å². The number of nitrogens with zero attached hydrogens (tertiary/aromatic N) is 1. The van der Waals surface area contributed by atoms with Crippen LogP contribution in [0, 0.1) is 0 Å². The molecule has 0 aromatic heterocycles. The van der Waals surface area contributed by atoms with E-state index in [9.17, 15) is 4.79 Å². The van der Waals surface area contributed by atoms with Crippen LogP contribution in [0.3, 0.4) is 0 Å². The van der Waals surface area contributed by atoms with Gasteiger partial charge in [0.15, 0.2) is 6.10 Å². The summed E-state index contributed by atoms with van der Waals surface area (Å²) in [5.74, 6) is 0.348. The van der Waals surface area contributed by atoms with Crippen LogP contribution in [-0.2, 0) is 4.79 Å². The molecule has 1 atom stereocenters. The number of carbonyl (C=O) groups is 1. The number of halogens is 1. The van der Waals surface area contributed by atoms with Gasteiger partial charge in [0.1, 0.15) is 5.75 Å². The Labute approximate surface area is 173 Å². The quantitative estimate of drug-likeness (QED) is 0.388. The van der Waals surface area contributed by atoms with Crippen molar-refractivity contribution < 1.29 is 9.53 Å². The summed E-state index contributed by atoms with van der Waals surface area (Å²) in [6.07, 6.45) is 5.13. The van der Waals surface area contributed by atoms with E-state index in [0.29, 0.717) is 12.2 Å². The van der Waals surface area contributed by atoms with Gasteiger partial charge in [-0.3, -0.25) is 4.79 Å². The lowest BCUT2D eigenvalue weighted by Crippen LogP contribution is -2.35. The van der Waals surface area contributed by atoms with E-state index in [2.05, 4.69) is 26.5 Å². The van der Waals surface area contributed by atoms with Crippen molar-refractivity contribution in [3.63, 3.8) is 0 Å². The van der Waals surface area contributed by atoms with E-state index in [1.54, 1.807) is 12.3 Å². The average molecular weight is 437 g/mol. The van der Waals surface area contributed by atoms with Crippen LogP contribution in [0.25, 0.3) is 16.8 Å². The van der Waals surface area contributed by atoms with E-state index in [1.807, 2.05) is 79.7 Å². The molecule has 0 radical (unpaired) electrons. The first-order valence-electron chi connectivity index (χ1n) is 9.07. The van der Waals surface area contributed by atoms with E-state index < -0.39 is 6.10 Å². The number of nitrogens with one attached hydrogen (secondary N) is 1. The van der Waals surface area contributed by atoms with Gasteiger partial charge in [-0.25, -0.2) is 5.43 Å². The van der Waals surface area contributed by atoms with Crippen molar-refractivity contribution in [2.75, 3.05) is 0 Å². The number of benzene rings is 3. The van der Waals surface area contributed by atoms with Gasteiger partial charge in [0.05, 0.1) is 4.47 Å². The number of hydrogen-bond donors (Lipinski definition) is 1. The first kappa shape index (κ1) is 19.8. The second-order valence-corrected chi connectivity index (χ2v) is 6.93. The van der Waals surface area contributed by atoms with Crippen LogP contribution >= 0.6 is 15.9 Å². The summed E-state index contributed by atoms with van der Waals surface area (Å²) in [5, 5.41) is 6.11. The minimum absolute atomic E-state index is 0.285. The van der Waals surface area contributed by atoms with Gasteiger partial charge in [0.25, 0.3) is 5.91 Å². The molecule has 1 N–H and O–H groups in total. The fourth-order valence-corrected chi connectivity index (χ4v) is 3.30. The van der Waals surface area contributed by atoms with Crippen LogP contribution in [0.1, 0.15) is 18.9 Å². The minimum Gasteiger partial charge on any atom is -0.479 e. The van der Waals surface area contributed by atoms with Crippen molar-refractivity contribution in [2.45, 2.75) is 19.4 Å². The summed E-state index contributed by atoms with van der Waals surface area (Å²) in [5.41, 5.74) is 3.60. The molecule has 1 amide bonds. The highest BCUT2D eigenvalue weighted by molar-refractivity contribution is 9.10. The Morgan fingerprint density at radius 2 is 1.86 bits per heavy atom. The van der Waals surface area contributed by atoms with Crippen LogP contribution in [0.4, 0.5) is 0 Å². The van der Waals surface area contributed by atoms with Crippen LogP contribution < -0.4 is 10.2 Å². The third kappa shape index (κ3) is 5.08. The summed E-state index contributed by atoms with van der Waals surface area (Å²) in [7, 11) is 0. The first-order chi connectivity index (χ1) is 13.7. The number of hydrazone groups is 1. The largest absolute Gasteiger partial charge is 0.479 e. The van der Waals surface area contributed by atoms with Gasteiger partial charge >= 0.3 is 0 Å². The summed E-state index contributed by atoms with van der Waals surface area (Å²) < 4.78 is 6.78. The molecule has 28 heavy (non-hydrogen) atoms. The summed E-state index contributed by atoms with van der Waals surface area (Å²) >= 11 is 3.59. The molecule has 3 rings (SSSR count). The molecular weight excluding hydrogens is 416 g/mol. The van der Waals surface area contributed by atoms with Gasteiger partial charge in [-0.05, 0) is 50.8 Å². The Hall–Kier alpha value is -2.92. The topological polar surface area (TPSA) is 50.7 Å². The second-order valence-electron chi connectivity index (χ2n) is 6.14. The number of allylic oxidation sites excluding steroid dienone is 1. The summed E-state index contributed by atoms with van der Waals surface area (Å²) in [6, 6.07) is 21.7. The summed E-state index contributed by atoms with van der Waals surface area (Å²) in [6.45, 7) is 1.90. The first-order valence-corrected chi connectivity index (χ1v) is 9.87. The molecule has 0 aliphatic heterocycles. The minimum atomic E-state index is -0.632. The van der Waals surface area contributed by atoms with E-state index in [1.165, 1.54) is 0 Å². The fraction of sp³-hybridized carbons (Fsp3) is 0.130. The van der Waals surface area contributed by atoms with Crippen molar-refractivity contribution in [2.24, 2.45) is 5.10 Å². The van der Waals surface area contributed by atoms with E-state index in [0.717, 1.165) is 20.8 Å².